The number of nitrogens with zero attached hydrogens (tertiary/aromatic N) is 1. The van der Waals surface area contributed by atoms with Crippen LogP contribution in [-0.2, 0) is 24.8 Å². The summed E-state index contributed by atoms with van der Waals surface area (Å²) < 4.78 is 64.6. The van der Waals surface area contributed by atoms with Gasteiger partial charge in [-0.2, -0.15) is 4.31 Å². The van der Waals surface area contributed by atoms with Crippen LogP contribution in [0.4, 0.5) is 10.1 Å². The van der Waals surface area contributed by atoms with Crippen LogP contribution in [0.2, 0.25) is 0 Å². The van der Waals surface area contributed by atoms with Crippen LogP contribution in [0.25, 0.3) is 0 Å². The van der Waals surface area contributed by atoms with Crippen LogP contribution in [-0.4, -0.2) is 50.6 Å². The first kappa shape index (κ1) is 20.3. The predicted octanol–water partition coefficient (Wildman–Crippen LogP) is 1.07. The molecule has 0 fully saturated rings. The molecule has 0 saturated heterocycles. The lowest BCUT2D eigenvalue weighted by Gasteiger charge is -2.24. The van der Waals surface area contributed by atoms with E-state index >= 15 is 0 Å². The molecule has 136 valence electrons. The van der Waals surface area contributed by atoms with Crippen LogP contribution in [0.1, 0.15) is 20.8 Å². The maximum absolute atomic E-state index is 14.0. The number of hydrogen-bond donors (Lipinski definition) is 2. The van der Waals surface area contributed by atoms with Gasteiger partial charge in [-0.3, -0.25) is 9.52 Å². The molecule has 0 saturated carbocycles. The van der Waals surface area contributed by atoms with Crippen molar-refractivity contribution in [3.63, 3.8) is 0 Å². The molecule has 1 aromatic rings. The Balaban J connectivity index is 3.27. The Bertz CT molecular complexity index is 821. The van der Waals surface area contributed by atoms with E-state index in [1.54, 1.807) is 0 Å². The summed E-state index contributed by atoms with van der Waals surface area (Å²) in [6.45, 7) is 3.57. The number of carbonyl (C=O) groups is 1. The number of halogens is 1. The van der Waals surface area contributed by atoms with Crippen LogP contribution in [0, 0.1) is 5.82 Å². The Morgan fingerprint density at radius 2 is 1.88 bits per heavy atom. The quantitative estimate of drug-likeness (QED) is 0.694. The highest BCUT2D eigenvalue weighted by Crippen LogP contribution is 2.23. The van der Waals surface area contributed by atoms with Crippen LogP contribution in [0.3, 0.4) is 0 Å². The summed E-state index contributed by atoms with van der Waals surface area (Å²) >= 11 is 0. The maximum atomic E-state index is 14.0. The SMILES string of the molecule is CCS(=O)(=O)Nc1ccc(S(=O)(=O)N(CC(=O)O)C(C)C)cc1F. The van der Waals surface area contributed by atoms with Gasteiger partial charge in [-0.1, -0.05) is 0 Å². The first-order valence-corrected chi connectivity index (χ1v) is 10.0. The number of aliphatic carboxylic acids is 1. The molecule has 0 spiro atoms. The molecular weight excluding hydrogens is 363 g/mol. The fraction of sp³-hybridized carbons (Fsp3) is 0.462. The smallest absolute Gasteiger partial charge is 0.318 e. The van der Waals surface area contributed by atoms with Crippen molar-refractivity contribution >= 4 is 31.7 Å². The molecule has 0 radical (unpaired) electrons. The third-order valence-electron chi connectivity index (χ3n) is 3.06. The summed E-state index contributed by atoms with van der Waals surface area (Å²) in [7, 11) is -7.97. The summed E-state index contributed by atoms with van der Waals surface area (Å²) in [5.41, 5.74) is -0.384. The van der Waals surface area contributed by atoms with Crippen LogP contribution in [0.15, 0.2) is 23.1 Å². The van der Waals surface area contributed by atoms with Crippen molar-refractivity contribution in [3.05, 3.63) is 24.0 Å². The Hall–Kier alpha value is -1.72. The molecule has 0 unspecified atom stereocenters. The Labute approximate surface area is 140 Å². The molecule has 1 rings (SSSR count). The highest BCUT2D eigenvalue weighted by Gasteiger charge is 2.29. The lowest BCUT2D eigenvalue weighted by atomic mass is 10.3. The minimum atomic E-state index is -4.25. The monoisotopic (exact) mass is 382 g/mol. The first-order chi connectivity index (χ1) is 10.9. The van der Waals surface area contributed by atoms with Gasteiger partial charge in [0.15, 0.2) is 0 Å². The fourth-order valence-electron chi connectivity index (χ4n) is 1.79. The number of benzene rings is 1. The predicted molar refractivity (Wildman–Crippen MR) is 86.1 cm³/mol. The van der Waals surface area contributed by atoms with E-state index in [1.807, 2.05) is 4.72 Å². The average molecular weight is 382 g/mol. The molecule has 8 nitrogen and oxygen atoms in total. The van der Waals surface area contributed by atoms with Gasteiger partial charge in [0.05, 0.1) is 16.3 Å². The summed E-state index contributed by atoms with van der Waals surface area (Å²) in [6, 6.07) is 1.99. The van der Waals surface area contributed by atoms with E-state index in [2.05, 4.69) is 0 Å². The van der Waals surface area contributed by atoms with E-state index in [0.717, 1.165) is 12.1 Å². The summed E-state index contributed by atoms with van der Waals surface area (Å²) in [4.78, 5) is 10.4. The zero-order valence-corrected chi connectivity index (χ0v) is 15.0. The van der Waals surface area contributed by atoms with Crippen molar-refractivity contribution in [1.29, 1.82) is 0 Å². The van der Waals surface area contributed by atoms with Crippen LogP contribution < -0.4 is 4.72 Å². The Morgan fingerprint density at radius 3 is 2.29 bits per heavy atom. The molecule has 24 heavy (non-hydrogen) atoms. The number of rotatable bonds is 8. The number of anilines is 1. The molecular formula is C13H19FN2O6S2. The second-order valence-corrected chi connectivity index (χ2v) is 9.09. The third kappa shape index (κ3) is 4.89. The second kappa shape index (κ2) is 7.45. The molecule has 0 atom stereocenters. The number of carboxylic acids is 1. The molecule has 0 heterocycles. The standard InChI is InChI=1S/C13H19FN2O6S2/c1-4-23(19,20)15-12-6-5-10(7-11(12)14)24(21,22)16(9(2)3)8-13(17)18/h5-7,9,15H,4,8H2,1-3H3,(H,17,18). The summed E-state index contributed by atoms with van der Waals surface area (Å²) in [6.07, 6.45) is 0. The van der Waals surface area contributed by atoms with Crippen molar-refractivity contribution < 1.29 is 31.1 Å². The topological polar surface area (TPSA) is 121 Å². The van der Waals surface area contributed by atoms with Crippen molar-refractivity contribution in [2.24, 2.45) is 0 Å². The third-order valence-corrected chi connectivity index (χ3v) is 6.37. The maximum Gasteiger partial charge on any atom is 0.318 e. The Morgan fingerprint density at radius 1 is 1.29 bits per heavy atom. The van der Waals surface area contributed by atoms with Crippen molar-refractivity contribution in [1.82, 2.24) is 4.31 Å². The van der Waals surface area contributed by atoms with Gasteiger partial charge in [-0.15, -0.1) is 0 Å². The van der Waals surface area contributed by atoms with Crippen molar-refractivity contribution in [3.8, 4) is 0 Å². The molecule has 0 aliphatic heterocycles. The van der Waals surface area contributed by atoms with Gasteiger partial charge in [0.1, 0.15) is 12.4 Å². The van der Waals surface area contributed by atoms with Gasteiger partial charge in [0.2, 0.25) is 20.0 Å². The van der Waals surface area contributed by atoms with Crippen LogP contribution in [0.5, 0.6) is 0 Å². The Kier molecular flexibility index (Phi) is 6.31. The highest BCUT2D eigenvalue weighted by molar-refractivity contribution is 7.92. The van der Waals surface area contributed by atoms with E-state index in [4.69, 9.17) is 5.11 Å². The van der Waals surface area contributed by atoms with Crippen molar-refractivity contribution in [2.75, 3.05) is 17.0 Å². The van der Waals surface area contributed by atoms with Crippen molar-refractivity contribution in [2.45, 2.75) is 31.7 Å². The normalized spacial score (nSPS) is 12.6. The van der Waals surface area contributed by atoms with E-state index in [-0.39, 0.29) is 11.4 Å². The average Bonchev–Trinajstić information content (AvgIpc) is 2.46. The molecule has 0 aliphatic carbocycles. The van der Waals surface area contributed by atoms with Gasteiger partial charge in [0.25, 0.3) is 0 Å². The minimum absolute atomic E-state index is 0.272. The fourth-order valence-corrected chi connectivity index (χ4v) is 4.04. The molecule has 2 N–H and O–H groups in total. The summed E-state index contributed by atoms with van der Waals surface area (Å²) in [5.74, 6) is -2.70. The first-order valence-electron chi connectivity index (χ1n) is 6.94. The zero-order valence-electron chi connectivity index (χ0n) is 13.4. The molecule has 0 bridgehead atoms. The van der Waals surface area contributed by atoms with Gasteiger partial charge in [0, 0.05) is 6.04 Å². The van der Waals surface area contributed by atoms with Crippen LogP contribution >= 0.6 is 0 Å². The van der Waals surface area contributed by atoms with E-state index in [1.165, 1.54) is 20.8 Å². The lowest BCUT2D eigenvalue weighted by Crippen LogP contribution is -2.40. The van der Waals surface area contributed by atoms with E-state index in [9.17, 15) is 26.0 Å². The largest absolute Gasteiger partial charge is 0.480 e. The number of hydrogen-bond acceptors (Lipinski definition) is 5. The molecule has 0 amide bonds. The molecule has 1 aromatic carbocycles. The van der Waals surface area contributed by atoms with E-state index in [0.29, 0.717) is 10.4 Å². The number of sulfonamides is 2. The zero-order chi connectivity index (χ0) is 18.7. The number of nitrogens with one attached hydrogen (secondary N) is 1. The summed E-state index contributed by atoms with van der Waals surface area (Å²) in [5, 5.41) is 8.84. The lowest BCUT2D eigenvalue weighted by molar-refractivity contribution is -0.137. The molecule has 11 heteroatoms. The van der Waals surface area contributed by atoms with Gasteiger partial charge in [-0.05, 0) is 39.0 Å². The molecule has 0 aliphatic rings. The van der Waals surface area contributed by atoms with E-state index < -0.39 is 49.3 Å². The van der Waals surface area contributed by atoms with Gasteiger partial charge < -0.3 is 5.11 Å². The highest BCUT2D eigenvalue weighted by atomic mass is 32.2. The van der Waals surface area contributed by atoms with Gasteiger partial charge >= 0.3 is 5.97 Å². The number of carboxylic acid groups (broad SMARTS) is 1. The van der Waals surface area contributed by atoms with Gasteiger partial charge in [-0.25, -0.2) is 21.2 Å². The molecule has 0 aromatic heterocycles. The minimum Gasteiger partial charge on any atom is -0.480 e. The second-order valence-electron chi connectivity index (χ2n) is 5.18.